The highest BCUT2D eigenvalue weighted by Crippen LogP contribution is 2.26. The smallest absolute Gasteiger partial charge is 0.183 e. The van der Waals surface area contributed by atoms with Crippen molar-refractivity contribution >= 4 is 11.6 Å². The van der Waals surface area contributed by atoms with Gasteiger partial charge in [0.05, 0.1) is 11.7 Å². The van der Waals surface area contributed by atoms with E-state index in [1.165, 1.54) is 25.6 Å². The Labute approximate surface area is 99.6 Å². The molecule has 1 saturated heterocycles. The summed E-state index contributed by atoms with van der Waals surface area (Å²) in [5.74, 6) is -0.484. The first-order valence-corrected chi connectivity index (χ1v) is 5.98. The summed E-state index contributed by atoms with van der Waals surface area (Å²) in [4.78, 5) is 9.87. The number of likely N-dealkylation sites (tertiary alicyclic amines) is 1. The van der Waals surface area contributed by atoms with Crippen LogP contribution in [0.2, 0.25) is 5.15 Å². The molecule has 0 N–H and O–H groups in total. The highest BCUT2D eigenvalue weighted by Gasteiger charge is 2.23. The molecule has 1 aromatic heterocycles. The van der Waals surface area contributed by atoms with Gasteiger partial charge in [-0.25, -0.2) is 14.4 Å². The summed E-state index contributed by atoms with van der Waals surface area (Å²) in [6.45, 7) is 3.97. The number of aromatic nitrogens is 2. The van der Waals surface area contributed by atoms with E-state index in [4.69, 9.17) is 11.6 Å². The topological polar surface area (TPSA) is 29.0 Å². The minimum Gasteiger partial charge on any atom is -0.295 e. The minimum absolute atomic E-state index is 0.0270. The molecule has 0 spiro atoms. The first-order valence-electron chi connectivity index (χ1n) is 5.60. The summed E-state index contributed by atoms with van der Waals surface area (Å²) in [6.07, 6.45) is 4.92. The number of rotatable bonds is 2. The number of piperidine rings is 1. The Kier molecular flexibility index (Phi) is 3.71. The van der Waals surface area contributed by atoms with Gasteiger partial charge in [-0.2, -0.15) is 0 Å². The fraction of sp³-hybridized carbons (Fsp3) is 0.636. The molecule has 1 aromatic rings. The van der Waals surface area contributed by atoms with Gasteiger partial charge in [-0.15, -0.1) is 0 Å². The van der Waals surface area contributed by atoms with Crippen LogP contribution in [0.3, 0.4) is 0 Å². The summed E-state index contributed by atoms with van der Waals surface area (Å²) in [5, 5.41) is -0.0890. The molecule has 0 saturated carbocycles. The zero-order valence-electron chi connectivity index (χ0n) is 9.29. The Bertz CT molecular complexity index is 366. The van der Waals surface area contributed by atoms with Gasteiger partial charge in [0, 0.05) is 0 Å². The average molecular weight is 244 g/mol. The van der Waals surface area contributed by atoms with Crippen LogP contribution in [0.1, 0.15) is 37.9 Å². The van der Waals surface area contributed by atoms with E-state index >= 15 is 0 Å². The monoisotopic (exact) mass is 243 g/mol. The molecule has 88 valence electrons. The fourth-order valence-electron chi connectivity index (χ4n) is 2.13. The zero-order chi connectivity index (χ0) is 11.5. The summed E-state index contributed by atoms with van der Waals surface area (Å²) in [5.41, 5.74) is 0.405. The third-order valence-electron chi connectivity index (χ3n) is 3.11. The molecule has 2 rings (SSSR count). The Morgan fingerprint density at radius 3 is 2.69 bits per heavy atom. The van der Waals surface area contributed by atoms with Crippen LogP contribution in [0, 0.1) is 5.82 Å². The second-order valence-corrected chi connectivity index (χ2v) is 4.49. The summed E-state index contributed by atoms with van der Waals surface area (Å²) >= 11 is 5.65. The standard InChI is InChI=1S/C11H15ClFN3/c1-8(16-5-3-2-4-6-16)10-9(13)11(12)15-7-14-10/h7-8H,2-6H2,1H3. The first kappa shape index (κ1) is 11.7. The van der Waals surface area contributed by atoms with E-state index in [0.29, 0.717) is 5.69 Å². The molecule has 2 heterocycles. The van der Waals surface area contributed by atoms with Crippen molar-refractivity contribution in [2.75, 3.05) is 13.1 Å². The molecular formula is C11H15ClFN3. The zero-order valence-corrected chi connectivity index (χ0v) is 10.0. The normalized spacial score (nSPS) is 19.7. The predicted molar refractivity (Wildman–Crippen MR) is 60.8 cm³/mol. The molecule has 1 aliphatic heterocycles. The molecule has 1 atom stereocenters. The molecule has 0 amide bonds. The van der Waals surface area contributed by atoms with E-state index in [1.54, 1.807) is 0 Å². The highest BCUT2D eigenvalue weighted by atomic mass is 35.5. The number of halogens is 2. The van der Waals surface area contributed by atoms with E-state index in [2.05, 4.69) is 14.9 Å². The summed E-state index contributed by atoms with van der Waals surface area (Å²) in [6, 6.07) is -0.0270. The Morgan fingerprint density at radius 2 is 2.00 bits per heavy atom. The minimum atomic E-state index is -0.484. The Balaban J connectivity index is 2.19. The van der Waals surface area contributed by atoms with Crippen molar-refractivity contribution in [3.05, 3.63) is 23.0 Å². The molecule has 0 aromatic carbocycles. The van der Waals surface area contributed by atoms with E-state index in [1.807, 2.05) is 6.92 Å². The molecule has 5 heteroatoms. The lowest BCUT2D eigenvalue weighted by Gasteiger charge is -2.31. The number of hydrogen-bond donors (Lipinski definition) is 0. The quantitative estimate of drug-likeness (QED) is 0.748. The molecular weight excluding hydrogens is 229 g/mol. The first-order chi connectivity index (χ1) is 7.70. The van der Waals surface area contributed by atoms with Crippen LogP contribution in [0.5, 0.6) is 0 Å². The maximum atomic E-state index is 13.7. The molecule has 1 fully saturated rings. The average Bonchev–Trinajstić information content (AvgIpc) is 2.33. The van der Waals surface area contributed by atoms with Crippen molar-refractivity contribution < 1.29 is 4.39 Å². The SMILES string of the molecule is CC(c1ncnc(Cl)c1F)N1CCCCC1. The van der Waals surface area contributed by atoms with Crippen molar-refractivity contribution in [1.82, 2.24) is 14.9 Å². The van der Waals surface area contributed by atoms with E-state index in [0.717, 1.165) is 13.1 Å². The number of nitrogens with zero attached hydrogens (tertiary/aromatic N) is 3. The van der Waals surface area contributed by atoms with Gasteiger partial charge in [0.1, 0.15) is 6.33 Å². The summed E-state index contributed by atoms with van der Waals surface area (Å²) in [7, 11) is 0. The van der Waals surface area contributed by atoms with Crippen LogP contribution in [0.15, 0.2) is 6.33 Å². The largest absolute Gasteiger partial charge is 0.295 e. The molecule has 0 bridgehead atoms. The van der Waals surface area contributed by atoms with Crippen molar-refractivity contribution in [2.24, 2.45) is 0 Å². The van der Waals surface area contributed by atoms with Gasteiger partial charge in [-0.3, -0.25) is 4.90 Å². The maximum absolute atomic E-state index is 13.7. The van der Waals surface area contributed by atoms with Crippen LogP contribution < -0.4 is 0 Å². The van der Waals surface area contributed by atoms with Gasteiger partial charge in [0.15, 0.2) is 11.0 Å². The van der Waals surface area contributed by atoms with Crippen LogP contribution in [-0.4, -0.2) is 28.0 Å². The van der Waals surface area contributed by atoms with E-state index in [-0.39, 0.29) is 11.2 Å². The van der Waals surface area contributed by atoms with Crippen molar-refractivity contribution in [3.8, 4) is 0 Å². The second-order valence-electron chi connectivity index (χ2n) is 4.14. The predicted octanol–water partition coefficient (Wildman–Crippen LogP) is 2.82. The lowest BCUT2D eigenvalue weighted by atomic mass is 10.1. The maximum Gasteiger partial charge on any atom is 0.183 e. The van der Waals surface area contributed by atoms with Crippen molar-refractivity contribution in [3.63, 3.8) is 0 Å². The van der Waals surface area contributed by atoms with Gasteiger partial charge in [-0.05, 0) is 32.9 Å². The van der Waals surface area contributed by atoms with Crippen LogP contribution >= 0.6 is 11.6 Å². The van der Waals surface area contributed by atoms with Crippen LogP contribution in [-0.2, 0) is 0 Å². The molecule has 16 heavy (non-hydrogen) atoms. The Hall–Kier alpha value is -0.740. The third kappa shape index (κ3) is 2.33. The van der Waals surface area contributed by atoms with E-state index in [9.17, 15) is 4.39 Å². The molecule has 1 aliphatic rings. The van der Waals surface area contributed by atoms with Crippen LogP contribution in [0.25, 0.3) is 0 Å². The van der Waals surface area contributed by atoms with Crippen molar-refractivity contribution in [1.29, 1.82) is 0 Å². The molecule has 3 nitrogen and oxygen atoms in total. The number of hydrogen-bond acceptors (Lipinski definition) is 3. The van der Waals surface area contributed by atoms with Crippen molar-refractivity contribution in [2.45, 2.75) is 32.2 Å². The van der Waals surface area contributed by atoms with Gasteiger partial charge < -0.3 is 0 Å². The molecule has 1 unspecified atom stereocenters. The van der Waals surface area contributed by atoms with Gasteiger partial charge in [0.25, 0.3) is 0 Å². The molecule has 0 aliphatic carbocycles. The molecule has 0 radical (unpaired) electrons. The van der Waals surface area contributed by atoms with Gasteiger partial charge >= 0.3 is 0 Å². The van der Waals surface area contributed by atoms with Gasteiger partial charge in [-0.1, -0.05) is 18.0 Å². The third-order valence-corrected chi connectivity index (χ3v) is 3.37. The Morgan fingerprint density at radius 1 is 1.31 bits per heavy atom. The van der Waals surface area contributed by atoms with Crippen LogP contribution in [0.4, 0.5) is 4.39 Å². The lowest BCUT2D eigenvalue weighted by Crippen LogP contribution is -2.33. The second kappa shape index (κ2) is 5.06. The highest BCUT2D eigenvalue weighted by molar-refractivity contribution is 6.29. The van der Waals surface area contributed by atoms with Gasteiger partial charge in [0.2, 0.25) is 0 Å². The lowest BCUT2D eigenvalue weighted by molar-refractivity contribution is 0.168. The summed E-state index contributed by atoms with van der Waals surface area (Å²) < 4.78 is 13.7. The fourth-order valence-corrected chi connectivity index (χ4v) is 2.27. The van der Waals surface area contributed by atoms with E-state index < -0.39 is 5.82 Å².